The quantitative estimate of drug-likeness (QED) is 0.660. The summed E-state index contributed by atoms with van der Waals surface area (Å²) in [4.78, 5) is 0. The Bertz CT molecular complexity index is 301. The first-order valence-corrected chi connectivity index (χ1v) is 7.16. The minimum atomic E-state index is -3.19. The third-order valence-electron chi connectivity index (χ3n) is 2.82. The Balaban J connectivity index is 2.39. The molecule has 1 atom stereocenters. The first-order valence-electron chi connectivity index (χ1n) is 5.66. The standard InChI is InChI=1S/C10H22N2O3S/c1-9(8-11-10-4-5-10)16(13,14)12(2)6-7-15-3/h9-11H,4-8H2,1-3H3. The van der Waals surface area contributed by atoms with Gasteiger partial charge in [0.25, 0.3) is 0 Å². The van der Waals surface area contributed by atoms with Crippen molar-refractivity contribution in [1.29, 1.82) is 0 Å². The predicted octanol–water partition coefficient (Wildman–Crippen LogP) is 0.0349. The van der Waals surface area contributed by atoms with Crippen LogP contribution < -0.4 is 5.32 Å². The van der Waals surface area contributed by atoms with Gasteiger partial charge >= 0.3 is 0 Å². The van der Waals surface area contributed by atoms with Gasteiger partial charge in [0.2, 0.25) is 10.0 Å². The first-order chi connectivity index (χ1) is 7.48. The monoisotopic (exact) mass is 250 g/mol. The average Bonchev–Trinajstić information content (AvgIpc) is 3.05. The van der Waals surface area contributed by atoms with Crippen LogP contribution in [0.1, 0.15) is 19.8 Å². The average molecular weight is 250 g/mol. The summed E-state index contributed by atoms with van der Waals surface area (Å²) >= 11 is 0. The van der Waals surface area contributed by atoms with Crippen molar-refractivity contribution in [2.24, 2.45) is 0 Å². The molecular formula is C10H22N2O3S. The van der Waals surface area contributed by atoms with Crippen LogP contribution in [0.3, 0.4) is 0 Å². The van der Waals surface area contributed by atoms with Gasteiger partial charge in [0.15, 0.2) is 0 Å². The Hall–Kier alpha value is -0.170. The summed E-state index contributed by atoms with van der Waals surface area (Å²) in [6, 6.07) is 0.543. The minimum Gasteiger partial charge on any atom is -0.383 e. The summed E-state index contributed by atoms with van der Waals surface area (Å²) in [5.41, 5.74) is 0. The molecule has 1 unspecified atom stereocenters. The summed E-state index contributed by atoms with van der Waals surface area (Å²) in [5, 5.41) is 2.86. The fraction of sp³-hybridized carbons (Fsp3) is 1.00. The molecule has 0 aromatic carbocycles. The number of hydrogen-bond acceptors (Lipinski definition) is 4. The van der Waals surface area contributed by atoms with E-state index in [-0.39, 0.29) is 5.25 Å². The maximum absolute atomic E-state index is 12.0. The lowest BCUT2D eigenvalue weighted by Crippen LogP contribution is -2.41. The molecule has 0 heterocycles. The highest BCUT2D eigenvalue weighted by atomic mass is 32.2. The number of sulfonamides is 1. The van der Waals surface area contributed by atoms with E-state index in [2.05, 4.69) is 5.32 Å². The van der Waals surface area contributed by atoms with Gasteiger partial charge in [-0.3, -0.25) is 0 Å². The van der Waals surface area contributed by atoms with E-state index < -0.39 is 10.0 Å². The smallest absolute Gasteiger partial charge is 0.217 e. The molecule has 1 N–H and O–H groups in total. The molecule has 1 aliphatic carbocycles. The third kappa shape index (κ3) is 4.01. The molecule has 0 saturated heterocycles. The molecule has 0 spiro atoms. The van der Waals surface area contributed by atoms with Gasteiger partial charge in [0.1, 0.15) is 0 Å². The number of likely N-dealkylation sites (N-methyl/N-ethyl adjacent to an activating group) is 1. The molecule has 0 radical (unpaired) electrons. The van der Waals surface area contributed by atoms with Crippen molar-refractivity contribution in [3.8, 4) is 0 Å². The van der Waals surface area contributed by atoms with Crippen LogP contribution in [0.2, 0.25) is 0 Å². The molecule has 0 bridgehead atoms. The molecular weight excluding hydrogens is 228 g/mol. The van der Waals surface area contributed by atoms with Crippen molar-refractivity contribution in [2.75, 3.05) is 33.9 Å². The Labute approximate surface area is 98.2 Å². The third-order valence-corrected chi connectivity index (χ3v) is 5.06. The van der Waals surface area contributed by atoms with Crippen LogP contribution in [0.25, 0.3) is 0 Å². The van der Waals surface area contributed by atoms with Gasteiger partial charge in [-0.1, -0.05) is 0 Å². The van der Waals surface area contributed by atoms with Crippen molar-refractivity contribution >= 4 is 10.0 Å². The highest BCUT2D eigenvalue weighted by molar-refractivity contribution is 7.89. The molecule has 0 aromatic rings. The number of ether oxygens (including phenoxy) is 1. The summed E-state index contributed by atoms with van der Waals surface area (Å²) in [6.07, 6.45) is 2.35. The zero-order valence-corrected chi connectivity index (χ0v) is 11.1. The van der Waals surface area contributed by atoms with Crippen LogP contribution in [0.15, 0.2) is 0 Å². The lowest BCUT2D eigenvalue weighted by Gasteiger charge is -2.21. The lowest BCUT2D eigenvalue weighted by molar-refractivity contribution is 0.184. The molecule has 1 saturated carbocycles. The van der Waals surface area contributed by atoms with E-state index >= 15 is 0 Å². The van der Waals surface area contributed by atoms with E-state index in [1.807, 2.05) is 0 Å². The van der Waals surface area contributed by atoms with Crippen molar-refractivity contribution in [2.45, 2.75) is 31.1 Å². The van der Waals surface area contributed by atoms with Crippen molar-refractivity contribution in [3.05, 3.63) is 0 Å². The Morgan fingerprint density at radius 2 is 2.12 bits per heavy atom. The van der Waals surface area contributed by atoms with Crippen LogP contribution in [-0.4, -0.2) is 57.9 Å². The van der Waals surface area contributed by atoms with Gasteiger partial charge in [-0.05, 0) is 19.8 Å². The first kappa shape index (κ1) is 13.9. The molecule has 0 aliphatic heterocycles. The number of nitrogens with one attached hydrogen (secondary N) is 1. The lowest BCUT2D eigenvalue weighted by atomic mass is 10.4. The maximum Gasteiger partial charge on any atom is 0.217 e. The van der Waals surface area contributed by atoms with Crippen LogP contribution in [0, 0.1) is 0 Å². The molecule has 5 nitrogen and oxygen atoms in total. The van der Waals surface area contributed by atoms with E-state index in [0.717, 1.165) is 0 Å². The van der Waals surface area contributed by atoms with Gasteiger partial charge in [0, 0.05) is 33.3 Å². The predicted molar refractivity (Wildman–Crippen MR) is 63.9 cm³/mol. The zero-order chi connectivity index (χ0) is 12.2. The number of hydrogen-bond donors (Lipinski definition) is 1. The summed E-state index contributed by atoms with van der Waals surface area (Å²) in [7, 11) is -0.0211. The van der Waals surface area contributed by atoms with E-state index in [0.29, 0.717) is 25.7 Å². The van der Waals surface area contributed by atoms with Gasteiger partial charge in [-0.15, -0.1) is 0 Å². The topological polar surface area (TPSA) is 58.6 Å². The largest absolute Gasteiger partial charge is 0.383 e. The second-order valence-corrected chi connectivity index (χ2v) is 6.81. The van der Waals surface area contributed by atoms with Gasteiger partial charge in [-0.25, -0.2) is 12.7 Å². The zero-order valence-electron chi connectivity index (χ0n) is 10.3. The Morgan fingerprint density at radius 3 is 2.62 bits per heavy atom. The van der Waals surface area contributed by atoms with E-state index in [4.69, 9.17) is 4.74 Å². The van der Waals surface area contributed by atoms with Crippen molar-refractivity contribution in [1.82, 2.24) is 9.62 Å². The summed E-state index contributed by atoms with van der Waals surface area (Å²) < 4.78 is 30.2. The van der Waals surface area contributed by atoms with Crippen molar-refractivity contribution < 1.29 is 13.2 Å². The Morgan fingerprint density at radius 1 is 1.50 bits per heavy atom. The van der Waals surface area contributed by atoms with Gasteiger partial charge < -0.3 is 10.1 Å². The van der Waals surface area contributed by atoms with E-state index in [1.54, 1.807) is 21.1 Å². The molecule has 1 aliphatic rings. The Kier molecular flexibility index (Phi) is 5.17. The second kappa shape index (κ2) is 5.95. The summed E-state index contributed by atoms with van der Waals surface area (Å²) in [6.45, 7) is 3.11. The van der Waals surface area contributed by atoms with E-state index in [9.17, 15) is 8.42 Å². The molecule has 0 aromatic heterocycles. The fourth-order valence-electron chi connectivity index (χ4n) is 1.38. The van der Waals surface area contributed by atoms with Crippen LogP contribution >= 0.6 is 0 Å². The normalized spacial score (nSPS) is 19.0. The molecule has 1 fully saturated rings. The van der Waals surface area contributed by atoms with Crippen LogP contribution in [0.4, 0.5) is 0 Å². The molecule has 1 rings (SSSR count). The number of nitrogens with zero attached hydrogens (tertiary/aromatic N) is 1. The maximum atomic E-state index is 12.0. The van der Waals surface area contributed by atoms with Crippen LogP contribution in [-0.2, 0) is 14.8 Å². The highest BCUT2D eigenvalue weighted by Gasteiger charge is 2.28. The fourth-order valence-corrected chi connectivity index (χ4v) is 2.63. The summed E-state index contributed by atoms with van der Waals surface area (Å²) in [5.74, 6) is 0. The van der Waals surface area contributed by atoms with Crippen LogP contribution in [0.5, 0.6) is 0 Å². The number of rotatable bonds is 8. The van der Waals surface area contributed by atoms with Crippen molar-refractivity contribution in [3.63, 3.8) is 0 Å². The molecule has 0 amide bonds. The molecule has 6 heteroatoms. The second-order valence-electron chi connectivity index (χ2n) is 4.35. The molecule has 96 valence electrons. The SMILES string of the molecule is COCCN(C)S(=O)(=O)C(C)CNC1CC1. The van der Waals surface area contributed by atoms with Gasteiger partial charge in [-0.2, -0.15) is 0 Å². The highest BCUT2D eigenvalue weighted by Crippen LogP contribution is 2.19. The number of methoxy groups -OCH3 is 1. The van der Waals surface area contributed by atoms with Gasteiger partial charge in [0.05, 0.1) is 11.9 Å². The minimum absolute atomic E-state index is 0.380. The molecule has 16 heavy (non-hydrogen) atoms. The van der Waals surface area contributed by atoms with E-state index in [1.165, 1.54) is 17.1 Å².